The molecule has 2 N–H and O–H groups in total. The molecule has 1 amide bonds. The molecule has 0 radical (unpaired) electrons. The Morgan fingerprint density at radius 1 is 1.07 bits per heavy atom. The van der Waals surface area contributed by atoms with Crippen molar-refractivity contribution in [2.24, 2.45) is 0 Å². The van der Waals surface area contributed by atoms with Gasteiger partial charge in [0.25, 0.3) is 5.91 Å². The van der Waals surface area contributed by atoms with Crippen molar-refractivity contribution in [2.75, 3.05) is 17.4 Å². The normalized spacial score (nSPS) is 11.6. The molecule has 8 nitrogen and oxygen atoms in total. The second-order valence-corrected chi connectivity index (χ2v) is 6.03. The van der Waals surface area contributed by atoms with Crippen LogP contribution in [-0.4, -0.2) is 22.7 Å². The van der Waals surface area contributed by atoms with E-state index in [4.69, 9.17) is 14.7 Å². The Morgan fingerprint density at radius 3 is 2.79 bits per heavy atom. The molecule has 0 bridgehead atoms. The molecule has 0 aliphatic carbocycles. The highest BCUT2D eigenvalue weighted by molar-refractivity contribution is 6.03. The van der Waals surface area contributed by atoms with Crippen LogP contribution in [0.4, 0.5) is 17.2 Å². The lowest BCUT2D eigenvalue weighted by atomic mass is 10.2. The van der Waals surface area contributed by atoms with E-state index in [0.717, 1.165) is 0 Å². The molecule has 1 aromatic heterocycles. The van der Waals surface area contributed by atoms with E-state index in [1.54, 1.807) is 49.4 Å². The second-order valence-electron chi connectivity index (χ2n) is 6.03. The number of hydrogen-bond acceptors (Lipinski definition) is 7. The summed E-state index contributed by atoms with van der Waals surface area (Å²) in [4.78, 5) is 21.1. The number of ether oxygens (including phenoxy) is 2. The molecule has 138 valence electrons. The fourth-order valence-corrected chi connectivity index (χ4v) is 2.73. The summed E-state index contributed by atoms with van der Waals surface area (Å²) in [6.07, 6.45) is 0. The van der Waals surface area contributed by atoms with E-state index in [0.29, 0.717) is 40.1 Å². The van der Waals surface area contributed by atoms with Gasteiger partial charge in [0.15, 0.2) is 11.5 Å². The zero-order valence-electron chi connectivity index (χ0n) is 14.9. The Balaban J connectivity index is 1.54. The van der Waals surface area contributed by atoms with Gasteiger partial charge in [0.2, 0.25) is 6.79 Å². The number of hydrogen-bond donors (Lipinski definition) is 2. The largest absolute Gasteiger partial charge is 0.454 e. The van der Waals surface area contributed by atoms with E-state index in [1.165, 1.54) is 0 Å². The van der Waals surface area contributed by atoms with Crippen LogP contribution in [0.2, 0.25) is 0 Å². The lowest BCUT2D eigenvalue weighted by molar-refractivity contribution is 0.102. The summed E-state index contributed by atoms with van der Waals surface area (Å²) in [5.74, 6) is 1.74. The van der Waals surface area contributed by atoms with Gasteiger partial charge in [-0.1, -0.05) is 6.07 Å². The van der Waals surface area contributed by atoms with Crippen LogP contribution >= 0.6 is 0 Å². The van der Waals surface area contributed by atoms with Crippen molar-refractivity contribution < 1.29 is 14.3 Å². The number of aromatic nitrogens is 2. The summed E-state index contributed by atoms with van der Waals surface area (Å²) in [5.41, 5.74) is 2.00. The van der Waals surface area contributed by atoms with Crippen LogP contribution in [-0.2, 0) is 0 Å². The Hall–Kier alpha value is -4.12. The molecule has 0 unspecified atom stereocenters. The van der Waals surface area contributed by atoms with Gasteiger partial charge in [-0.15, -0.1) is 0 Å². The molecule has 2 heterocycles. The van der Waals surface area contributed by atoms with Gasteiger partial charge < -0.3 is 20.1 Å². The topological polar surface area (TPSA) is 109 Å². The first-order valence-electron chi connectivity index (χ1n) is 8.44. The number of rotatable bonds is 4. The quantitative estimate of drug-likeness (QED) is 0.721. The Bertz CT molecular complexity index is 1110. The van der Waals surface area contributed by atoms with E-state index >= 15 is 0 Å². The third kappa shape index (κ3) is 3.68. The molecule has 4 rings (SSSR count). The minimum Gasteiger partial charge on any atom is -0.454 e. The number of nitriles is 1. The van der Waals surface area contributed by atoms with Gasteiger partial charge in [0.1, 0.15) is 17.3 Å². The number of carbonyl (C=O) groups excluding carboxylic acids is 1. The minimum atomic E-state index is -0.377. The lowest BCUT2D eigenvalue weighted by Crippen LogP contribution is -2.15. The van der Waals surface area contributed by atoms with Gasteiger partial charge in [0.05, 0.1) is 11.6 Å². The second kappa shape index (κ2) is 7.25. The lowest BCUT2D eigenvalue weighted by Gasteiger charge is -2.10. The third-order valence-electron chi connectivity index (χ3n) is 3.97. The first kappa shape index (κ1) is 17.3. The van der Waals surface area contributed by atoms with Gasteiger partial charge in [0, 0.05) is 23.5 Å². The molecule has 1 aliphatic rings. The maximum absolute atomic E-state index is 12.6. The summed E-state index contributed by atoms with van der Waals surface area (Å²) in [7, 11) is 0. The maximum atomic E-state index is 12.6. The molecule has 8 heteroatoms. The van der Waals surface area contributed by atoms with Crippen LogP contribution in [0, 0.1) is 18.3 Å². The van der Waals surface area contributed by atoms with E-state index in [1.807, 2.05) is 6.07 Å². The predicted octanol–water partition coefficient (Wildman–Crippen LogP) is 3.38. The molecular formula is C20H15N5O3. The molecule has 0 saturated carbocycles. The first-order valence-corrected chi connectivity index (χ1v) is 8.44. The number of fused-ring (bicyclic) bond motifs is 1. The SMILES string of the molecule is Cc1nc(Nc2cccc(C#N)c2)cc(C(=O)Nc2ccc3c(c2)OCO3)n1. The van der Waals surface area contributed by atoms with Gasteiger partial charge >= 0.3 is 0 Å². The van der Waals surface area contributed by atoms with Gasteiger partial charge in [-0.2, -0.15) is 5.26 Å². The summed E-state index contributed by atoms with van der Waals surface area (Å²) < 4.78 is 10.6. The van der Waals surface area contributed by atoms with E-state index in [2.05, 4.69) is 26.7 Å². The van der Waals surface area contributed by atoms with Gasteiger partial charge in [-0.25, -0.2) is 9.97 Å². The zero-order chi connectivity index (χ0) is 19.5. The smallest absolute Gasteiger partial charge is 0.274 e. The summed E-state index contributed by atoms with van der Waals surface area (Å²) in [5, 5.41) is 14.9. The molecule has 0 spiro atoms. The van der Waals surface area contributed by atoms with Crippen molar-refractivity contribution in [3.05, 3.63) is 65.6 Å². The zero-order valence-corrected chi connectivity index (χ0v) is 14.9. The summed E-state index contributed by atoms with van der Waals surface area (Å²) in [6.45, 7) is 1.87. The fraction of sp³-hybridized carbons (Fsp3) is 0.100. The molecule has 0 atom stereocenters. The Labute approximate surface area is 160 Å². The fourth-order valence-electron chi connectivity index (χ4n) is 2.73. The van der Waals surface area contributed by atoms with Crippen LogP contribution in [0.3, 0.4) is 0 Å². The number of aryl methyl sites for hydroxylation is 1. The van der Waals surface area contributed by atoms with Crippen LogP contribution in [0.15, 0.2) is 48.5 Å². The predicted molar refractivity (Wildman–Crippen MR) is 102 cm³/mol. The molecule has 0 fully saturated rings. The first-order chi connectivity index (χ1) is 13.6. The number of carbonyl (C=O) groups is 1. The van der Waals surface area contributed by atoms with E-state index < -0.39 is 0 Å². The summed E-state index contributed by atoms with van der Waals surface area (Å²) in [6, 6.07) is 15.8. The van der Waals surface area contributed by atoms with E-state index in [-0.39, 0.29) is 18.4 Å². The van der Waals surface area contributed by atoms with Crippen molar-refractivity contribution in [3.8, 4) is 17.6 Å². The molecule has 1 aliphatic heterocycles. The highest BCUT2D eigenvalue weighted by atomic mass is 16.7. The van der Waals surface area contributed by atoms with Crippen molar-refractivity contribution in [1.29, 1.82) is 5.26 Å². The number of benzene rings is 2. The molecule has 0 saturated heterocycles. The average molecular weight is 373 g/mol. The van der Waals surface area contributed by atoms with Crippen LogP contribution < -0.4 is 20.1 Å². The number of amides is 1. The maximum Gasteiger partial charge on any atom is 0.274 e. The highest BCUT2D eigenvalue weighted by Crippen LogP contribution is 2.34. The van der Waals surface area contributed by atoms with Crippen molar-refractivity contribution >= 4 is 23.1 Å². The molecular weight excluding hydrogens is 358 g/mol. The number of nitrogens with one attached hydrogen (secondary N) is 2. The minimum absolute atomic E-state index is 0.167. The average Bonchev–Trinajstić information content (AvgIpc) is 3.15. The molecule has 28 heavy (non-hydrogen) atoms. The molecule has 2 aromatic carbocycles. The van der Waals surface area contributed by atoms with Crippen molar-refractivity contribution in [1.82, 2.24) is 9.97 Å². The summed E-state index contributed by atoms with van der Waals surface area (Å²) >= 11 is 0. The Kier molecular flexibility index (Phi) is 4.48. The number of anilines is 3. The highest BCUT2D eigenvalue weighted by Gasteiger charge is 2.16. The number of nitrogens with zero attached hydrogens (tertiary/aromatic N) is 3. The monoisotopic (exact) mass is 373 g/mol. The van der Waals surface area contributed by atoms with Crippen LogP contribution in [0.5, 0.6) is 11.5 Å². The Morgan fingerprint density at radius 2 is 1.93 bits per heavy atom. The van der Waals surface area contributed by atoms with E-state index in [9.17, 15) is 4.79 Å². The van der Waals surface area contributed by atoms with Gasteiger partial charge in [-0.3, -0.25) is 4.79 Å². The van der Waals surface area contributed by atoms with Crippen molar-refractivity contribution in [3.63, 3.8) is 0 Å². The molecule has 3 aromatic rings. The van der Waals surface area contributed by atoms with Crippen molar-refractivity contribution in [2.45, 2.75) is 6.92 Å². The van der Waals surface area contributed by atoms with Gasteiger partial charge in [-0.05, 0) is 37.3 Å². The van der Waals surface area contributed by atoms with Crippen LogP contribution in [0.1, 0.15) is 21.9 Å². The standard InChI is InChI=1S/C20H15N5O3/c1-12-22-16(9-19(23-12)24-14-4-2-3-13(7-14)10-21)20(26)25-15-5-6-17-18(8-15)28-11-27-17/h2-9H,11H2,1H3,(H,25,26)(H,22,23,24). The third-order valence-corrected chi connectivity index (χ3v) is 3.97. The van der Waals surface area contributed by atoms with Crippen LogP contribution in [0.25, 0.3) is 0 Å².